The lowest BCUT2D eigenvalue weighted by Gasteiger charge is -2.11. The molecular weight excluding hydrogens is 358 g/mol. The van der Waals surface area contributed by atoms with Crippen molar-refractivity contribution in [1.82, 2.24) is 14.6 Å². The Morgan fingerprint density at radius 2 is 1.85 bits per heavy atom. The third-order valence-electron chi connectivity index (χ3n) is 4.60. The Hall–Kier alpha value is -2.86. The number of hydrogen-bond acceptors (Lipinski definition) is 5. The second-order valence-corrected chi connectivity index (χ2v) is 7.68. The van der Waals surface area contributed by atoms with Crippen molar-refractivity contribution >= 4 is 34.1 Å². The summed E-state index contributed by atoms with van der Waals surface area (Å²) in [6.07, 6.45) is 0. The maximum absolute atomic E-state index is 12.8. The Labute approximate surface area is 161 Å². The highest BCUT2D eigenvalue weighted by molar-refractivity contribution is 8.00. The molecule has 0 aliphatic rings. The maximum atomic E-state index is 12.8. The molecule has 1 atom stereocenters. The van der Waals surface area contributed by atoms with E-state index in [0.29, 0.717) is 5.56 Å². The molecule has 0 aliphatic heterocycles. The number of fused-ring (bicyclic) bond motifs is 3. The number of aryl methyl sites for hydroxylation is 1. The second kappa shape index (κ2) is 7.04. The van der Waals surface area contributed by atoms with Crippen molar-refractivity contribution in [3.8, 4) is 5.75 Å². The average molecular weight is 377 g/mol. The Morgan fingerprint density at radius 1 is 1.11 bits per heavy atom. The van der Waals surface area contributed by atoms with E-state index in [1.807, 2.05) is 29.5 Å². The SMILES string of the molecule is COc1ccc(C(=O)C(C)Sc2nnc3cc(C)c4ccccc4n23)cc1. The van der Waals surface area contributed by atoms with Crippen LogP contribution in [-0.2, 0) is 0 Å². The summed E-state index contributed by atoms with van der Waals surface area (Å²) in [5.74, 6) is 0.785. The molecule has 2 heterocycles. The van der Waals surface area contributed by atoms with Crippen LogP contribution in [0.15, 0.2) is 59.8 Å². The van der Waals surface area contributed by atoms with Gasteiger partial charge >= 0.3 is 0 Å². The van der Waals surface area contributed by atoms with E-state index >= 15 is 0 Å². The van der Waals surface area contributed by atoms with Crippen LogP contribution >= 0.6 is 11.8 Å². The predicted octanol–water partition coefficient (Wildman–Crippen LogP) is 4.56. The molecule has 0 saturated carbocycles. The predicted molar refractivity (Wildman–Crippen MR) is 108 cm³/mol. The molecule has 0 spiro atoms. The molecule has 27 heavy (non-hydrogen) atoms. The van der Waals surface area contributed by atoms with Gasteiger partial charge in [0.05, 0.1) is 17.9 Å². The van der Waals surface area contributed by atoms with Crippen LogP contribution in [0.1, 0.15) is 22.8 Å². The molecule has 0 aliphatic carbocycles. The topological polar surface area (TPSA) is 56.5 Å². The van der Waals surface area contributed by atoms with Crippen LogP contribution in [0.5, 0.6) is 5.75 Å². The summed E-state index contributed by atoms with van der Waals surface area (Å²) in [6.45, 7) is 3.97. The monoisotopic (exact) mass is 377 g/mol. The van der Waals surface area contributed by atoms with E-state index in [-0.39, 0.29) is 11.0 Å². The van der Waals surface area contributed by atoms with Gasteiger partial charge in [-0.05, 0) is 55.8 Å². The molecule has 1 unspecified atom stereocenters. The molecule has 0 amide bonds. The lowest BCUT2D eigenvalue weighted by Crippen LogP contribution is -2.14. The smallest absolute Gasteiger partial charge is 0.196 e. The van der Waals surface area contributed by atoms with Crippen molar-refractivity contribution in [3.63, 3.8) is 0 Å². The first-order valence-corrected chi connectivity index (χ1v) is 9.55. The third-order valence-corrected chi connectivity index (χ3v) is 5.64. The van der Waals surface area contributed by atoms with Gasteiger partial charge in [-0.3, -0.25) is 9.20 Å². The average Bonchev–Trinajstić information content (AvgIpc) is 3.10. The fourth-order valence-electron chi connectivity index (χ4n) is 3.15. The van der Waals surface area contributed by atoms with E-state index in [1.54, 1.807) is 31.4 Å². The Bertz CT molecular complexity index is 1140. The van der Waals surface area contributed by atoms with Gasteiger partial charge < -0.3 is 4.74 Å². The number of carbonyl (C=O) groups is 1. The molecule has 0 bridgehead atoms. The minimum atomic E-state index is -0.286. The highest BCUT2D eigenvalue weighted by atomic mass is 32.2. The molecule has 136 valence electrons. The minimum Gasteiger partial charge on any atom is -0.497 e. The van der Waals surface area contributed by atoms with Gasteiger partial charge in [0.25, 0.3) is 0 Å². The van der Waals surface area contributed by atoms with Crippen LogP contribution in [0.25, 0.3) is 16.6 Å². The molecular formula is C21H19N3O2S. The number of hydrogen-bond donors (Lipinski definition) is 0. The van der Waals surface area contributed by atoms with Gasteiger partial charge in [-0.25, -0.2) is 0 Å². The normalized spacial score (nSPS) is 12.4. The molecule has 5 nitrogen and oxygen atoms in total. The summed E-state index contributed by atoms with van der Waals surface area (Å²) >= 11 is 1.42. The number of benzene rings is 2. The molecule has 0 saturated heterocycles. The first-order valence-electron chi connectivity index (χ1n) is 8.67. The number of thioether (sulfide) groups is 1. The lowest BCUT2D eigenvalue weighted by atomic mass is 10.1. The molecule has 0 radical (unpaired) electrons. The Balaban J connectivity index is 1.68. The van der Waals surface area contributed by atoms with Gasteiger partial charge in [-0.15, -0.1) is 10.2 Å². The standard InChI is InChI=1S/C21H19N3O2S/c1-13-12-19-22-23-21(24(19)18-7-5-4-6-17(13)18)27-14(2)20(25)15-8-10-16(26-3)11-9-15/h4-12,14H,1-3H3. The highest BCUT2D eigenvalue weighted by Gasteiger charge is 2.20. The number of pyridine rings is 1. The molecule has 2 aromatic carbocycles. The van der Waals surface area contributed by atoms with Gasteiger partial charge in [-0.2, -0.15) is 0 Å². The Morgan fingerprint density at radius 3 is 2.59 bits per heavy atom. The number of carbonyl (C=O) groups excluding carboxylic acids is 1. The van der Waals surface area contributed by atoms with Crippen LogP contribution in [-0.4, -0.2) is 32.7 Å². The number of Topliss-reactive ketones (excluding diaryl/α,β-unsaturated/α-hetero) is 1. The molecule has 2 aromatic heterocycles. The first kappa shape index (κ1) is 17.5. The fourth-order valence-corrected chi connectivity index (χ4v) is 4.10. The number of methoxy groups -OCH3 is 1. The van der Waals surface area contributed by atoms with Crippen LogP contribution in [0.2, 0.25) is 0 Å². The van der Waals surface area contributed by atoms with E-state index < -0.39 is 0 Å². The van der Waals surface area contributed by atoms with Gasteiger partial charge in [-0.1, -0.05) is 30.0 Å². The summed E-state index contributed by atoms with van der Waals surface area (Å²) in [5, 5.41) is 10.2. The zero-order valence-electron chi connectivity index (χ0n) is 15.3. The summed E-state index contributed by atoms with van der Waals surface area (Å²) in [4.78, 5) is 12.8. The van der Waals surface area contributed by atoms with Crippen molar-refractivity contribution in [1.29, 1.82) is 0 Å². The van der Waals surface area contributed by atoms with Crippen molar-refractivity contribution in [2.75, 3.05) is 7.11 Å². The summed E-state index contributed by atoms with van der Waals surface area (Å²) in [5.41, 5.74) is 3.65. The van der Waals surface area contributed by atoms with Gasteiger partial charge in [0, 0.05) is 10.9 Å². The number of ether oxygens (including phenoxy) is 1. The van der Waals surface area contributed by atoms with Gasteiger partial charge in [0.2, 0.25) is 0 Å². The zero-order valence-corrected chi connectivity index (χ0v) is 16.2. The van der Waals surface area contributed by atoms with E-state index in [0.717, 1.165) is 33.0 Å². The number of rotatable bonds is 5. The van der Waals surface area contributed by atoms with Crippen molar-refractivity contribution in [3.05, 3.63) is 65.7 Å². The number of ketones is 1. The molecule has 0 N–H and O–H groups in total. The quantitative estimate of drug-likeness (QED) is 0.377. The van der Waals surface area contributed by atoms with Crippen LogP contribution < -0.4 is 4.74 Å². The zero-order chi connectivity index (χ0) is 19.0. The summed E-state index contributed by atoms with van der Waals surface area (Å²) < 4.78 is 7.17. The van der Waals surface area contributed by atoms with Crippen molar-refractivity contribution in [2.24, 2.45) is 0 Å². The number of nitrogens with zero attached hydrogens (tertiary/aromatic N) is 3. The Kier molecular flexibility index (Phi) is 4.58. The van der Waals surface area contributed by atoms with Crippen molar-refractivity contribution in [2.45, 2.75) is 24.3 Å². The fraction of sp³-hybridized carbons (Fsp3) is 0.190. The largest absolute Gasteiger partial charge is 0.497 e. The van der Waals surface area contributed by atoms with E-state index in [4.69, 9.17) is 4.74 Å². The molecule has 0 fully saturated rings. The molecule has 6 heteroatoms. The van der Waals surface area contributed by atoms with Gasteiger partial charge in [0.1, 0.15) is 5.75 Å². The van der Waals surface area contributed by atoms with E-state index in [9.17, 15) is 4.79 Å². The van der Waals surface area contributed by atoms with Crippen LogP contribution in [0, 0.1) is 6.92 Å². The summed E-state index contributed by atoms with van der Waals surface area (Å²) in [7, 11) is 1.61. The second-order valence-electron chi connectivity index (χ2n) is 6.37. The molecule has 4 aromatic rings. The molecule has 4 rings (SSSR count). The highest BCUT2D eigenvalue weighted by Crippen LogP contribution is 2.29. The lowest BCUT2D eigenvalue weighted by molar-refractivity contribution is 0.0994. The van der Waals surface area contributed by atoms with Crippen LogP contribution in [0.3, 0.4) is 0 Å². The first-order chi connectivity index (χ1) is 13.1. The summed E-state index contributed by atoms with van der Waals surface area (Å²) in [6, 6.07) is 17.4. The maximum Gasteiger partial charge on any atom is 0.196 e. The number of aromatic nitrogens is 3. The minimum absolute atomic E-state index is 0.0517. The van der Waals surface area contributed by atoms with E-state index in [1.165, 1.54) is 11.8 Å². The third kappa shape index (κ3) is 3.17. The van der Waals surface area contributed by atoms with Crippen molar-refractivity contribution < 1.29 is 9.53 Å². The number of para-hydroxylation sites is 1. The van der Waals surface area contributed by atoms with Gasteiger partial charge in [0.15, 0.2) is 16.6 Å². The van der Waals surface area contributed by atoms with Crippen LogP contribution in [0.4, 0.5) is 0 Å². The van der Waals surface area contributed by atoms with E-state index in [2.05, 4.69) is 29.3 Å².